The molecular formula is C20H13NO4. The Morgan fingerprint density at radius 1 is 0.800 bits per heavy atom. The number of pyridine rings is 1. The molecule has 0 atom stereocenters. The summed E-state index contributed by atoms with van der Waals surface area (Å²) >= 11 is 0. The van der Waals surface area contributed by atoms with E-state index in [9.17, 15) is 20.1 Å². The third-order valence-corrected chi connectivity index (χ3v) is 4.17. The van der Waals surface area contributed by atoms with Crippen LogP contribution < -0.4 is 0 Å². The van der Waals surface area contributed by atoms with Crippen LogP contribution in [0.25, 0.3) is 32.9 Å². The molecule has 3 N–H and O–H groups in total. The number of fused-ring (bicyclic) bond motifs is 2. The number of hydrogen-bond donors (Lipinski definition) is 3. The van der Waals surface area contributed by atoms with Crippen molar-refractivity contribution >= 4 is 27.8 Å². The summed E-state index contributed by atoms with van der Waals surface area (Å²) in [6.07, 6.45) is 0. The molecule has 1 aromatic heterocycles. The zero-order valence-electron chi connectivity index (χ0n) is 13.0. The van der Waals surface area contributed by atoms with Crippen molar-refractivity contribution in [1.29, 1.82) is 0 Å². The molecular weight excluding hydrogens is 318 g/mol. The van der Waals surface area contributed by atoms with Gasteiger partial charge < -0.3 is 15.3 Å². The van der Waals surface area contributed by atoms with Gasteiger partial charge in [0.2, 0.25) is 0 Å². The molecule has 4 rings (SSSR count). The van der Waals surface area contributed by atoms with E-state index in [1.807, 2.05) is 0 Å². The van der Waals surface area contributed by atoms with Crippen molar-refractivity contribution in [3.05, 3.63) is 66.2 Å². The summed E-state index contributed by atoms with van der Waals surface area (Å²) in [5.74, 6) is -0.889. The van der Waals surface area contributed by atoms with E-state index in [1.165, 1.54) is 12.1 Å². The maximum absolute atomic E-state index is 11.7. The predicted molar refractivity (Wildman–Crippen MR) is 95.0 cm³/mol. The third kappa shape index (κ3) is 2.42. The lowest BCUT2D eigenvalue weighted by Gasteiger charge is -2.13. The lowest BCUT2D eigenvalue weighted by molar-refractivity contribution is 0.0697. The summed E-state index contributed by atoms with van der Waals surface area (Å²) in [5, 5.41) is 30.6. The van der Waals surface area contributed by atoms with Crippen molar-refractivity contribution in [3.8, 4) is 22.6 Å². The highest BCUT2D eigenvalue weighted by Crippen LogP contribution is 2.38. The number of carboxylic acid groups (broad SMARTS) is 1. The molecule has 5 nitrogen and oxygen atoms in total. The quantitative estimate of drug-likeness (QED) is 0.480. The molecule has 0 aliphatic rings. The van der Waals surface area contributed by atoms with E-state index < -0.39 is 5.97 Å². The number of aromatic carboxylic acids is 1. The Morgan fingerprint density at radius 2 is 1.36 bits per heavy atom. The molecule has 0 unspecified atom stereocenters. The number of rotatable bonds is 2. The van der Waals surface area contributed by atoms with Crippen molar-refractivity contribution < 1.29 is 20.1 Å². The van der Waals surface area contributed by atoms with Crippen molar-refractivity contribution in [1.82, 2.24) is 4.98 Å². The molecule has 0 saturated carbocycles. The molecule has 0 saturated heterocycles. The number of aromatic nitrogens is 1. The first kappa shape index (κ1) is 15.0. The van der Waals surface area contributed by atoms with Crippen LogP contribution in [0.2, 0.25) is 0 Å². The molecule has 5 heteroatoms. The lowest BCUT2D eigenvalue weighted by Crippen LogP contribution is -2.00. The maximum atomic E-state index is 11.7. The molecule has 0 aliphatic heterocycles. The minimum absolute atomic E-state index is 0.0666. The van der Waals surface area contributed by atoms with Gasteiger partial charge in [0.1, 0.15) is 11.5 Å². The zero-order valence-corrected chi connectivity index (χ0v) is 13.0. The number of carbonyl (C=O) groups is 1. The zero-order chi connectivity index (χ0) is 17.6. The molecule has 0 bridgehead atoms. The fourth-order valence-electron chi connectivity index (χ4n) is 3.10. The summed E-state index contributed by atoms with van der Waals surface area (Å²) in [7, 11) is 0. The Morgan fingerprint density at radius 3 is 1.92 bits per heavy atom. The van der Waals surface area contributed by atoms with Gasteiger partial charge in [-0.05, 0) is 35.9 Å². The van der Waals surface area contributed by atoms with Gasteiger partial charge in [-0.15, -0.1) is 0 Å². The molecule has 25 heavy (non-hydrogen) atoms. The van der Waals surface area contributed by atoms with Gasteiger partial charge in [-0.1, -0.05) is 18.2 Å². The van der Waals surface area contributed by atoms with Crippen LogP contribution in [0.15, 0.2) is 60.7 Å². The van der Waals surface area contributed by atoms with Crippen molar-refractivity contribution in [2.75, 3.05) is 0 Å². The van der Waals surface area contributed by atoms with Gasteiger partial charge in [0, 0.05) is 28.5 Å². The van der Waals surface area contributed by atoms with E-state index in [2.05, 4.69) is 4.98 Å². The van der Waals surface area contributed by atoms with E-state index in [1.54, 1.807) is 48.5 Å². The number of aromatic hydroxyl groups is 2. The Balaban J connectivity index is 2.22. The van der Waals surface area contributed by atoms with Crippen molar-refractivity contribution in [3.63, 3.8) is 0 Å². The number of benzene rings is 3. The van der Waals surface area contributed by atoms with Crippen molar-refractivity contribution in [2.24, 2.45) is 0 Å². The molecule has 122 valence electrons. The summed E-state index contributed by atoms with van der Waals surface area (Å²) in [6, 6.07) is 16.3. The third-order valence-electron chi connectivity index (χ3n) is 4.17. The van der Waals surface area contributed by atoms with Crippen molar-refractivity contribution in [2.45, 2.75) is 0 Å². The van der Waals surface area contributed by atoms with Crippen LogP contribution in [0.5, 0.6) is 11.5 Å². The number of hydrogen-bond acceptors (Lipinski definition) is 4. The van der Waals surface area contributed by atoms with E-state index in [4.69, 9.17) is 0 Å². The molecule has 0 radical (unpaired) electrons. The first-order valence-electron chi connectivity index (χ1n) is 7.63. The second-order valence-corrected chi connectivity index (χ2v) is 5.74. The summed E-state index contributed by atoms with van der Waals surface area (Å²) in [5.41, 5.74) is 2.49. The lowest BCUT2D eigenvalue weighted by atomic mass is 9.92. The molecule has 3 aromatic carbocycles. The van der Waals surface area contributed by atoms with Gasteiger partial charge in [-0.25, -0.2) is 9.78 Å². The molecule has 0 spiro atoms. The Hall–Kier alpha value is -3.60. The number of phenolic OH excluding ortho intramolecular Hbond substituents is 2. The number of carboxylic acids is 1. The van der Waals surface area contributed by atoms with E-state index in [0.29, 0.717) is 22.2 Å². The van der Waals surface area contributed by atoms with Crippen LogP contribution >= 0.6 is 0 Å². The summed E-state index contributed by atoms with van der Waals surface area (Å²) in [4.78, 5) is 16.2. The molecule has 4 aromatic rings. The van der Waals surface area contributed by atoms with Crippen LogP contribution in [-0.4, -0.2) is 26.3 Å². The second-order valence-electron chi connectivity index (χ2n) is 5.74. The van der Waals surface area contributed by atoms with Crippen LogP contribution in [0.4, 0.5) is 0 Å². The van der Waals surface area contributed by atoms with Gasteiger partial charge in [-0.2, -0.15) is 0 Å². The smallest absolute Gasteiger partial charge is 0.336 e. The van der Waals surface area contributed by atoms with E-state index in [0.717, 1.165) is 10.8 Å². The minimum Gasteiger partial charge on any atom is -0.508 e. The van der Waals surface area contributed by atoms with Gasteiger partial charge in [0.25, 0.3) is 0 Å². The first-order chi connectivity index (χ1) is 12.0. The highest BCUT2D eigenvalue weighted by atomic mass is 16.4. The predicted octanol–water partition coefficient (Wildman–Crippen LogP) is 4.16. The fourth-order valence-corrected chi connectivity index (χ4v) is 3.10. The van der Waals surface area contributed by atoms with E-state index >= 15 is 0 Å². The summed E-state index contributed by atoms with van der Waals surface area (Å²) < 4.78 is 0. The minimum atomic E-state index is -1.02. The molecule has 0 amide bonds. The molecule has 0 aliphatic carbocycles. The summed E-state index contributed by atoms with van der Waals surface area (Å²) in [6.45, 7) is 0. The van der Waals surface area contributed by atoms with Gasteiger partial charge in [-0.3, -0.25) is 0 Å². The van der Waals surface area contributed by atoms with Crippen LogP contribution in [0.1, 0.15) is 10.4 Å². The number of nitrogens with zero attached hydrogens (tertiary/aromatic N) is 1. The normalized spacial score (nSPS) is 11.0. The topological polar surface area (TPSA) is 90.7 Å². The molecule has 0 fully saturated rings. The monoisotopic (exact) mass is 331 g/mol. The highest BCUT2D eigenvalue weighted by Gasteiger charge is 2.17. The van der Waals surface area contributed by atoms with E-state index in [-0.39, 0.29) is 17.1 Å². The second kappa shape index (κ2) is 5.49. The van der Waals surface area contributed by atoms with Crippen LogP contribution in [0, 0.1) is 0 Å². The van der Waals surface area contributed by atoms with Crippen LogP contribution in [-0.2, 0) is 0 Å². The fraction of sp³-hybridized carbons (Fsp3) is 0. The Kier molecular flexibility index (Phi) is 3.28. The SMILES string of the molecule is O=C(O)c1ccccc1-c1c2ccc(O)cc2nc2cc(O)ccc12. The maximum Gasteiger partial charge on any atom is 0.336 e. The van der Waals surface area contributed by atoms with Gasteiger partial charge >= 0.3 is 5.97 Å². The van der Waals surface area contributed by atoms with Crippen LogP contribution in [0.3, 0.4) is 0 Å². The largest absolute Gasteiger partial charge is 0.508 e. The first-order valence-corrected chi connectivity index (χ1v) is 7.63. The Bertz CT molecular complexity index is 1090. The average molecular weight is 331 g/mol. The average Bonchev–Trinajstić information content (AvgIpc) is 2.59. The highest BCUT2D eigenvalue weighted by molar-refractivity contribution is 6.13. The van der Waals surface area contributed by atoms with Gasteiger partial charge in [0.05, 0.1) is 16.6 Å². The Labute approximate surface area is 142 Å². The van der Waals surface area contributed by atoms with Gasteiger partial charge in [0.15, 0.2) is 0 Å². The molecule has 1 heterocycles. The standard InChI is InChI=1S/C20H13NO4/c22-11-5-7-15-17(9-11)21-18-10-12(23)6-8-16(18)19(15)13-3-1-2-4-14(13)20(24)25/h1-10,22-23H,(H,24,25). The number of phenols is 2.